The van der Waals surface area contributed by atoms with Gasteiger partial charge in [-0.25, -0.2) is 9.18 Å². The molecule has 0 aliphatic carbocycles. The van der Waals surface area contributed by atoms with Gasteiger partial charge in [-0.3, -0.25) is 0 Å². The number of aromatic carboxylic acids is 1. The molecule has 0 spiro atoms. The maximum Gasteiger partial charge on any atom is 0.337 e. The number of halogens is 2. The number of hydrogen-bond donors (Lipinski definition) is 2. The van der Waals surface area contributed by atoms with Crippen molar-refractivity contribution in [1.82, 2.24) is 4.57 Å². The summed E-state index contributed by atoms with van der Waals surface area (Å²) in [5.41, 5.74) is 2.12. The lowest BCUT2D eigenvalue weighted by atomic mass is 10.1. The highest BCUT2D eigenvalue weighted by atomic mass is 127. The number of rotatable bonds is 4. The van der Waals surface area contributed by atoms with E-state index in [1.54, 1.807) is 29.1 Å². The third-order valence-electron chi connectivity index (χ3n) is 3.66. The van der Waals surface area contributed by atoms with Crippen molar-refractivity contribution in [2.24, 2.45) is 0 Å². The highest BCUT2D eigenvalue weighted by molar-refractivity contribution is 14.1. The summed E-state index contributed by atoms with van der Waals surface area (Å²) in [7, 11) is 0. The first-order valence-electron chi connectivity index (χ1n) is 7.19. The lowest BCUT2D eigenvalue weighted by Gasteiger charge is -2.15. The summed E-state index contributed by atoms with van der Waals surface area (Å²) in [6.07, 6.45) is 3.33. The minimum atomic E-state index is -1.12. The molecule has 0 saturated carbocycles. The van der Waals surface area contributed by atoms with Crippen LogP contribution in [-0.2, 0) is 0 Å². The van der Waals surface area contributed by atoms with Crippen molar-refractivity contribution in [2.45, 2.75) is 6.92 Å². The van der Waals surface area contributed by atoms with E-state index in [1.807, 2.05) is 25.1 Å². The minimum absolute atomic E-state index is 0.0121. The molecule has 0 unspecified atom stereocenters. The SMILES string of the molecule is Cc1cc(I)ccc1Nc1cc(F)c(-n2cccc2)cc1C(=O)O. The monoisotopic (exact) mass is 436 g/mol. The number of nitrogens with zero attached hydrogens (tertiary/aromatic N) is 1. The van der Waals surface area contributed by atoms with Crippen LogP contribution in [0.1, 0.15) is 15.9 Å². The average molecular weight is 436 g/mol. The molecule has 1 heterocycles. The highest BCUT2D eigenvalue weighted by Crippen LogP contribution is 2.28. The normalized spacial score (nSPS) is 10.6. The number of benzene rings is 2. The molecule has 24 heavy (non-hydrogen) atoms. The van der Waals surface area contributed by atoms with Gasteiger partial charge in [-0.15, -0.1) is 0 Å². The quantitative estimate of drug-likeness (QED) is 0.568. The Kier molecular flexibility index (Phi) is 4.57. The van der Waals surface area contributed by atoms with Crippen LogP contribution in [0.5, 0.6) is 0 Å². The lowest BCUT2D eigenvalue weighted by molar-refractivity contribution is 0.0698. The molecule has 2 aromatic carbocycles. The van der Waals surface area contributed by atoms with Gasteiger partial charge in [-0.05, 0) is 71.5 Å². The molecule has 0 atom stereocenters. The van der Waals surface area contributed by atoms with Gasteiger partial charge in [0.05, 0.1) is 16.9 Å². The van der Waals surface area contributed by atoms with Gasteiger partial charge in [-0.1, -0.05) is 0 Å². The zero-order valence-corrected chi connectivity index (χ0v) is 14.9. The lowest BCUT2D eigenvalue weighted by Crippen LogP contribution is -2.07. The largest absolute Gasteiger partial charge is 0.478 e. The van der Waals surface area contributed by atoms with Gasteiger partial charge in [0, 0.05) is 27.7 Å². The summed E-state index contributed by atoms with van der Waals surface area (Å²) in [5, 5.41) is 12.5. The van der Waals surface area contributed by atoms with E-state index in [0.717, 1.165) is 14.8 Å². The van der Waals surface area contributed by atoms with Gasteiger partial charge >= 0.3 is 5.97 Å². The van der Waals surface area contributed by atoms with Crippen LogP contribution in [0.3, 0.4) is 0 Å². The second-order valence-electron chi connectivity index (χ2n) is 5.33. The maximum absolute atomic E-state index is 14.5. The fourth-order valence-electron chi connectivity index (χ4n) is 2.45. The summed E-state index contributed by atoms with van der Waals surface area (Å²) in [4.78, 5) is 11.6. The van der Waals surface area contributed by atoms with Crippen molar-refractivity contribution in [3.8, 4) is 5.69 Å². The van der Waals surface area contributed by atoms with Crippen LogP contribution < -0.4 is 5.32 Å². The van der Waals surface area contributed by atoms with Crippen LogP contribution in [0, 0.1) is 16.3 Å². The first kappa shape index (κ1) is 16.5. The van der Waals surface area contributed by atoms with Crippen LogP contribution in [-0.4, -0.2) is 15.6 Å². The first-order valence-corrected chi connectivity index (χ1v) is 8.27. The average Bonchev–Trinajstić information content (AvgIpc) is 3.04. The molecular formula is C18H14FIN2O2. The Balaban J connectivity index is 2.07. The molecule has 0 aliphatic rings. The molecule has 3 aromatic rings. The Bertz CT molecular complexity index is 908. The number of hydrogen-bond acceptors (Lipinski definition) is 2. The number of anilines is 2. The van der Waals surface area contributed by atoms with Crippen molar-refractivity contribution in [1.29, 1.82) is 0 Å². The second kappa shape index (κ2) is 6.64. The van der Waals surface area contributed by atoms with E-state index in [-0.39, 0.29) is 16.9 Å². The number of nitrogens with one attached hydrogen (secondary N) is 1. The molecule has 0 radical (unpaired) electrons. The third-order valence-corrected chi connectivity index (χ3v) is 4.33. The fourth-order valence-corrected chi connectivity index (χ4v) is 3.09. The van der Waals surface area contributed by atoms with E-state index in [9.17, 15) is 14.3 Å². The molecule has 0 aliphatic heterocycles. The van der Waals surface area contributed by atoms with Crippen LogP contribution in [0.4, 0.5) is 15.8 Å². The number of carboxylic acid groups (broad SMARTS) is 1. The minimum Gasteiger partial charge on any atom is -0.478 e. The van der Waals surface area contributed by atoms with Crippen molar-refractivity contribution in [2.75, 3.05) is 5.32 Å². The third kappa shape index (κ3) is 3.28. The molecular weight excluding hydrogens is 422 g/mol. The van der Waals surface area contributed by atoms with Crippen LogP contribution in [0.15, 0.2) is 54.9 Å². The molecule has 0 fully saturated rings. The van der Waals surface area contributed by atoms with E-state index in [1.165, 1.54) is 12.1 Å². The van der Waals surface area contributed by atoms with Gasteiger partial charge < -0.3 is 15.0 Å². The van der Waals surface area contributed by atoms with E-state index in [4.69, 9.17) is 0 Å². The number of aryl methyl sites for hydroxylation is 1. The Morgan fingerprint density at radius 3 is 2.50 bits per heavy atom. The van der Waals surface area contributed by atoms with Gasteiger partial charge in [0.2, 0.25) is 0 Å². The summed E-state index contributed by atoms with van der Waals surface area (Å²) in [5.74, 6) is -1.61. The van der Waals surface area contributed by atoms with Crippen LogP contribution in [0.2, 0.25) is 0 Å². The second-order valence-corrected chi connectivity index (χ2v) is 6.57. The molecule has 0 amide bonds. The standard InChI is InChI=1S/C18H14FIN2O2/c1-11-8-12(20)4-5-15(11)21-16-10-14(19)17(9-13(16)18(23)24)22-6-2-3-7-22/h2-10,21H,1H3,(H,23,24). The van der Waals surface area contributed by atoms with E-state index < -0.39 is 11.8 Å². The number of carbonyl (C=O) groups is 1. The molecule has 0 saturated heterocycles. The summed E-state index contributed by atoms with van der Waals surface area (Å²) in [6, 6.07) is 11.8. The van der Waals surface area contributed by atoms with Crippen molar-refractivity contribution >= 4 is 39.9 Å². The fraction of sp³-hybridized carbons (Fsp3) is 0.0556. The zero-order chi connectivity index (χ0) is 17.3. The van der Waals surface area contributed by atoms with Crippen molar-refractivity contribution in [3.63, 3.8) is 0 Å². The number of aromatic nitrogens is 1. The molecule has 4 nitrogen and oxygen atoms in total. The van der Waals surface area contributed by atoms with Crippen molar-refractivity contribution < 1.29 is 14.3 Å². The van der Waals surface area contributed by atoms with Gasteiger partial charge in [0.15, 0.2) is 0 Å². The highest BCUT2D eigenvalue weighted by Gasteiger charge is 2.16. The predicted octanol–water partition coefficient (Wildman–Crippen LogP) is 4.97. The van der Waals surface area contributed by atoms with Crippen molar-refractivity contribution in [3.05, 3.63) is 75.4 Å². The summed E-state index contributed by atoms with van der Waals surface area (Å²) < 4.78 is 17.1. The Morgan fingerprint density at radius 2 is 1.88 bits per heavy atom. The zero-order valence-electron chi connectivity index (χ0n) is 12.8. The smallest absolute Gasteiger partial charge is 0.337 e. The van der Waals surface area contributed by atoms with Gasteiger partial charge in [0.25, 0.3) is 0 Å². The maximum atomic E-state index is 14.5. The molecule has 6 heteroatoms. The number of carboxylic acids is 1. The van der Waals surface area contributed by atoms with Gasteiger partial charge in [-0.2, -0.15) is 0 Å². The summed E-state index contributed by atoms with van der Waals surface area (Å²) in [6.45, 7) is 1.91. The Hall–Kier alpha value is -2.35. The predicted molar refractivity (Wildman–Crippen MR) is 99.9 cm³/mol. The van der Waals surface area contributed by atoms with E-state index in [0.29, 0.717) is 0 Å². The van der Waals surface area contributed by atoms with E-state index >= 15 is 0 Å². The first-order chi connectivity index (χ1) is 11.5. The van der Waals surface area contributed by atoms with E-state index in [2.05, 4.69) is 27.9 Å². The van der Waals surface area contributed by atoms with Gasteiger partial charge in [0.1, 0.15) is 5.82 Å². The molecule has 3 rings (SSSR count). The summed E-state index contributed by atoms with van der Waals surface area (Å²) >= 11 is 2.20. The van der Waals surface area contributed by atoms with Crippen LogP contribution >= 0.6 is 22.6 Å². The topological polar surface area (TPSA) is 54.3 Å². The molecule has 1 aromatic heterocycles. The molecule has 2 N–H and O–H groups in total. The Morgan fingerprint density at radius 1 is 1.17 bits per heavy atom. The Labute approximate surface area is 152 Å². The molecule has 0 bridgehead atoms. The van der Waals surface area contributed by atoms with Crippen LogP contribution in [0.25, 0.3) is 5.69 Å². The molecule has 122 valence electrons.